The van der Waals surface area contributed by atoms with Crippen molar-refractivity contribution in [2.24, 2.45) is 0 Å². The van der Waals surface area contributed by atoms with Gasteiger partial charge in [-0.25, -0.2) is 0 Å². The van der Waals surface area contributed by atoms with E-state index in [-0.39, 0.29) is 17.1 Å². The van der Waals surface area contributed by atoms with Gasteiger partial charge in [0.05, 0.1) is 6.61 Å². The zero-order valence-electron chi connectivity index (χ0n) is 10.5. The first-order valence-electron chi connectivity index (χ1n) is 5.63. The lowest BCUT2D eigenvalue weighted by atomic mass is 10.5. The molecule has 0 aromatic rings. The van der Waals surface area contributed by atoms with E-state index in [0.29, 0.717) is 19.1 Å². The number of rotatable bonds is 6. The van der Waals surface area contributed by atoms with E-state index in [9.17, 15) is 8.90 Å². The average molecular weight is 234 g/mol. The van der Waals surface area contributed by atoms with Crippen molar-refractivity contribution in [1.29, 1.82) is 0 Å². The van der Waals surface area contributed by atoms with Crippen LogP contribution in [0.5, 0.6) is 0 Å². The standard InChI is InChI=1S/C11H23FO2Si/c1-9(2)15(12,10(3)4)8-6-7-14-11(5)13/h9-10H,6-8H2,1-5H3. The lowest BCUT2D eigenvalue weighted by Gasteiger charge is -2.30. The molecule has 0 radical (unpaired) electrons. The van der Waals surface area contributed by atoms with Gasteiger partial charge in [-0.05, 0) is 23.5 Å². The van der Waals surface area contributed by atoms with Gasteiger partial charge >= 0.3 is 5.97 Å². The summed E-state index contributed by atoms with van der Waals surface area (Å²) in [6, 6.07) is 0.593. The van der Waals surface area contributed by atoms with E-state index in [4.69, 9.17) is 4.74 Å². The molecule has 4 heteroatoms. The zero-order chi connectivity index (χ0) is 12.1. The molecular formula is C11H23FO2Si. The van der Waals surface area contributed by atoms with Gasteiger partial charge in [0.15, 0.2) is 0 Å². The van der Waals surface area contributed by atoms with Crippen LogP contribution in [-0.2, 0) is 9.53 Å². The van der Waals surface area contributed by atoms with Crippen molar-refractivity contribution in [2.75, 3.05) is 6.61 Å². The molecule has 0 fully saturated rings. The number of hydrogen-bond donors (Lipinski definition) is 0. The smallest absolute Gasteiger partial charge is 0.302 e. The minimum absolute atomic E-state index is 0.134. The van der Waals surface area contributed by atoms with Crippen molar-refractivity contribution in [3.8, 4) is 0 Å². The van der Waals surface area contributed by atoms with Gasteiger partial charge in [-0.2, -0.15) is 0 Å². The van der Waals surface area contributed by atoms with Gasteiger partial charge in [-0.15, -0.1) is 0 Å². The fraction of sp³-hybridized carbons (Fsp3) is 0.909. The molecule has 0 unspecified atom stereocenters. The highest BCUT2D eigenvalue weighted by Gasteiger charge is 2.40. The molecular weight excluding hydrogens is 211 g/mol. The SMILES string of the molecule is CC(=O)OCCC[Si](F)(C(C)C)C(C)C. The Bertz CT molecular complexity index is 197. The molecule has 0 rings (SSSR count). The van der Waals surface area contributed by atoms with Gasteiger partial charge in [-0.3, -0.25) is 4.79 Å². The van der Waals surface area contributed by atoms with E-state index in [1.54, 1.807) is 0 Å². The Balaban J connectivity index is 4.03. The van der Waals surface area contributed by atoms with Crippen molar-refractivity contribution in [3.63, 3.8) is 0 Å². The highest BCUT2D eigenvalue weighted by atomic mass is 28.4. The van der Waals surface area contributed by atoms with Gasteiger partial charge in [0.1, 0.15) is 0 Å². The quantitative estimate of drug-likeness (QED) is 0.303. The van der Waals surface area contributed by atoms with Crippen LogP contribution in [0, 0.1) is 0 Å². The molecule has 0 N–H and O–H groups in total. The molecule has 0 atom stereocenters. The van der Waals surface area contributed by atoms with Crippen LogP contribution >= 0.6 is 0 Å². The van der Waals surface area contributed by atoms with Crippen molar-refractivity contribution in [2.45, 2.75) is 58.2 Å². The lowest BCUT2D eigenvalue weighted by molar-refractivity contribution is -0.140. The molecule has 0 aromatic heterocycles. The molecule has 0 aliphatic rings. The summed E-state index contributed by atoms with van der Waals surface area (Å²) in [5.41, 5.74) is 0.268. The van der Waals surface area contributed by atoms with E-state index >= 15 is 0 Å². The van der Waals surface area contributed by atoms with Gasteiger partial charge in [-0.1, -0.05) is 27.7 Å². The molecule has 90 valence electrons. The molecule has 0 aliphatic heterocycles. The second kappa shape index (κ2) is 6.25. The van der Waals surface area contributed by atoms with E-state index in [2.05, 4.69) is 0 Å². The largest absolute Gasteiger partial charge is 0.466 e. The predicted octanol–water partition coefficient (Wildman–Crippen LogP) is 3.67. The molecule has 0 spiro atoms. The minimum atomic E-state index is -2.67. The van der Waals surface area contributed by atoms with Crippen LogP contribution in [0.25, 0.3) is 0 Å². The maximum Gasteiger partial charge on any atom is 0.302 e. The third-order valence-corrected chi connectivity index (χ3v) is 7.89. The summed E-state index contributed by atoms with van der Waals surface area (Å²) < 4.78 is 19.4. The van der Waals surface area contributed by atoms with Crippen LogP contribution in [0.2, 0.25) is 17.1 Å². The number of ether oxygens (including phenoxy) is 1. The topological polar surface area (TPSA) is 26.3 Å². The second-order valence-corrected chi connectivity index (χ2v) is 9.34. The van der Waals surface area contributed by atoms with Crippen molar-refractivity contribution < 1.29 is 13.6 Å². The number of esters is 1. The predicted molar refractivity (Wildman–Crippen MR) is 63.1 cm³/mol. The number of hydrogen-bond acceptors (Lipinski definition) is 2. The first kappa shape index (κ1) is 14.6. The molecule has 0 saturated heterocycles. The van der Waals surface area contributed by atoms with Crippen molar-refractivity contribution in [3.05, 3.63) is 0 Å². The van der Waals surface area contributed by atoms with Crippen LogP contribution in [0.1, 0.15) is 41.0 Å². The lowest BCUT2D eigenvalue weighted by Crippen LogP contribution is -2.36. The summed E-state index contributed by atoms with van der Waals surface area (Å²) in [5.74, 6) is -0.282. The Morgan fingerprint density at radius 2 is 1.73 bits per heavy atom. The summed E-state index contributed by atoms with van der Waals surface area (Å²) in [4.78, 5) is 10.5. The van der Waals surface area contributed by atoms with Crippen LogP contribution in [0.4, 0.5) is 4.11 Å². The summed E-state index contributed by atoms with van der Waals surface area (Å²) >= 11 is 0. The molecule has 0 saturated carbocycles. The molecule has 0 aliphatic carbocycles. The maximum absolute atomic E-state index is 14.6. The Morgan fingerprint density at radius 3 is 2.07 bits per heavy atom. The van der Waals surface area contributed by atoms with Crippen LogP contribution in [0.15, 0.2) is 0 Å². The van der Waals surface area contributed by atoms with Gasteiger partial charge < -0.3 is 8.84 Å². The highest BCUT2D eigenvalue weighted by Crippen LogP contribution is 2.37. The Kier molecular flexibility index (Phi) is 6.09. The maximum atomic E-state index is 14.6. The Morgan fingerprint density at radius 1 is 1.27 bits per heavy atom. The Hall–Kier alpha value is -0.383. The van der Waals surface area contributed by atoms with Crippen LogP contribution in [-0.4, -0.2) is 21.0 Å². The number of halogens is 1. The molecule has 0 heterocycles. The normalized spacial score (nSPS) is 12.3. The minimum Gasteiger partial charge on any atom is -0.466 e. The highest BCUT2D eigenvalue weighted by molar-refractivity contribution is 6.75. The molecule has 15 heavy (non-hydrogen) atoms. The zero-order valence-corrected chi connectivity index (χ0v) is 11.5. The molecule has 2 nitrogen and oxygen atoms in total. The van der Waals surface area contributed by atoms with E-state index < -0.39 is 8.41 Å². The molecule has 0 aromatic carbocycles. The third kappa shape index (κ3) is 4.78. The van der Waals surface area contributed by atoms with E-state index in [1.807, 2.05) is 27.7 Å². The first-order valence-corrected chi connectivity index (χ1v) is 7.87. The first-order chi connectivity index (χ1) is 6.80. The summed E-state index contributed by atoms with van der Waals surface area (Å²) in [5, 5.41) is 0. The fourth-order valence-corrected chi connectivity index (χ4v) is 4.98. The third-order valence-electron chi connectivity index (χ3n) is 2.93. The van der Waals surface area contributed by atoms with Crippen molar-refractivity contribution >= 4 is 14.4 Å². The van der Waals surface area contributed by atoms with Gasteiger partial charge in [0.25, 0.3) is 8.41 Å². The average Bonchev–Trinajstić information content (AvgIpc) is 2.10. The van der Waals surface area contributed by atoms with Crippen LogP contribution in [0.3, 0.4) is 0 Å². The Labute approximate surface area is 93.4 Å². The summed E-state index contributed by atoms with van der Waals surface area (Å²) in [6.07, 6.45) is 0.651. The van der Waals surface area contributed by atoms with Crippen LogP contribution < -0.4 is 0 Å². The summed E-state index contributed by atoms with van der Waals surface area (Å²) in [7, 11) is -2.67. The number of carbonyl (C=O) groups is 1. The fourth-order valence-electron chi connectivity index (χ4n) is 1.80. The van der Waals surface area contributed by atoms with Gasteiger partial charge in [0, 0.05) is 6.92 Å². The van der Waals surface area contributed by atoms with Crippen molar-refractivity contribution in [1.82, 2.24) is 0 Å². The van der Waals surface area contributed by atoms with E-state index in [0.717, 1.165) is 0 Å². The molecule has 0 bridgehead atoms. The van der Waals surface area contributed by atoms with Gasteiger partial charge in [0.2, 0.25) is 0 Å². The number of carbonyl (C=O) groups excluding carboxylic acids is 1. The molecule has 0 amide bonds. The second-order valence-electron chi connectivity index (χ2n) is 4.68. The van der Waals surface area contributed by atoms with E-state index in [1.165, 1.54) is 6.92 Å². The summed E-state index contributed by atoms with van der Waals surface area (Å²) in [6.45, 7) is 9.56. The monoisotopic (exact) mass is 234 g/mol.